The number of phenolic OH excluding ortho intramolecular Hbond substituents is 3. The van der Waals surface area contributed by atoms with Gasteiger partial charge in [0, 0.05) is 12.0 Å². The maximum absolute atomic E-state index is 12.9. The van der Waals surface area contributed by atoms with E-state index in [0.29, 0.717) is 18.1 Å². The lowest BCUT2D eigenvalue weighted by molar-refractivity contribution is -0.0397. The summed E-state index contributed by atoms with van der Waals surface area (Å²) in [7, 11) is 0. The predicted octanol–water partition coefficient (Wildman–Crippen LogP) is 5.24. The number of hydrogen-bond acceptors (Lipinski definition) is 6. The van der Waals surface area contributed by atoms with Crippen LogP contribution in [-0.4, -0.2) is 38.1 Å². The largest absolute Gasteiger partial charge is 0.507 e. The van der Waals surface area contributed by atoms with Crippen molar-refractivity contribution in [2.24, 2.45) is 40.4 Å². The molecule has 6 heteroatoms. The molecule has 0 heterocycles. The molecule has 0 aromatic heterocycles. The highest BCUT2D eigenvalue weighted by molar-refractivity contribution is 6.05. The van der Waals surface area contributed by atoms with E-state index in [4.69, 9.17) is 0 Å². The van der Waals surface area contributed by atoms with Gasteiger partial charge < -0.3 is 20.4 Å². The van der Waals surface area contributed by atoms with Crippen LogP contribution < -0.4 is 0 Å². The number of Topliss-reactive ketones (excluding diaryl/α,β-unsaturated/α-hetero) is 1. The molecule has 6 atom stereocenters. The smallest absolute Gasteiger partial charge is 0.170 e. The molecular weight excluding hydrogens is 432 g/mol. The van der Waals surface area contributed by atoms with Crippen LogP contribution in [0.2, 0.25) is 0 Å². The van der Waals surface area contributed by atoms with Crippen molar-refractivity contribution in [3.63, 3.8) is 0 Å². The molecule has 0 spiro atoms. The molecule has 0 amide bonds. The number of benzene rings is 1. The maximum atomic E-state index is 12.9. The van der Waals surface area contributed by atoms with Crippen LogP contribution in [0.1, 0.15) is 99.9 Å². The summed E-state index contributed by atoms with van der Waals surface area (Å²) in [5.41, 5.74) is -1.42. The van der Waals surface area contributed by atoms with Gasteiger partial charge in [-0.25, -0.2) is 0 Å². The second kappa shape index (κ2) is 7.97. The third-order valence-electron chi connectivity index (χ3n) is 9.68. The molecule has 4 rings (SSSR count). The highest BCUT2D eigenvalue weighted by Gasteiger charge is 2.69. The Balaban J connectivity index is 1.80. The van der Waals surface area contributed by atoms with Gasteiger partial charge in [0.2, 0.25) is 0 Å². The maximum Gasteiger partial charge on any atom is 0.170 e. The summed E-state index contributed by atoms with van der Waals surface area (Å²) in [4.78, 5) is 24.7. The van der Waals surface area contributed by atoms with Crippen molar-refractivity contribution in [2.45, 2.75) is 85.7 Å². The Morgan fingerprint density at radius 3 is 2.18 bits per heavy atom. The van der Waals surface area contributed by atoms with Gasteiger partial charge in [-0.1, -0.05) is 34.6 Å². The fourth-order valence-corrected chi connectivity index (χ4v) is 7.79. The molecule has 3 fully saturated rings. The topological polar surface area (TPSA) is 115 Å². The Hall–Kier alpha value is -2.08. The third kappa shape index (κ3) is 3.64. The Kier molecular flexibility index (Phi) is 5.87. The Morgan fingerprint density at radius 1 is 0.971 bits per heavy atom. The first kappa shape index (κ1) is 25.0. The number of rotatable bonds is 6. The first-order valence-corrected chi connectivity index (χ1v) is 12.7. The minimum absolute atomic E-state index is 0.00130. The van der Waals surface area contributed by atoms with E-state index < -0.39 is 28.6 Å². The van der Waals surface area contributed by atoms with E-state index in [-0.39, 0.29) is 58.1 Å². The number of fused-ring (bicyclic) bond motifs is 3. The number of aldehydes is 1. The second-order valence-electron chi connectivity index (χ2n) is 12.8. The van der Waals surface area contributed by atoms with Gasteiger partial charge in [0.1, 0.15) is 22.8 Å². The minimum Gasteiger partial charge on any atom is -0.507 e. The lowest BCUT2D eigenvalue weighted by Gasteiger charge is -2.40. The van der Waals surface area contributed by atoms with Crippen LogP contribution in [0, 0.1) is 40.4 Å². The molecule has 1 aromatic carbocycles. The van der Waals surface area contributed by atoms with Crippen LogP contribution in [0.4, 0.5) is 0 Å². The molecule has 3 aliphatic carbocycles. The van der Waals surface area contributed by atoms with E-state index >= 15 is 0 Å². The van der Waals surface area contributed by atoms with Gasteiger partial charge >= 0.3 is 0 Å². The summed E-state index contributed by atoms with van der Waals surface area (Å²) in [6.45, 7) is 12.4. The Bertz CT molecular complexity index is 1020. The van der Waals surface area contributed by atoms with Crippen molar-refractivity contribution in [1.82, 2.24) is 0 Å². The van der Waals surface area contributed by atoms with E-state index in [1.807, 2.05) is 20.8 Å². The average molecular weight is 473 g/mol. The zero-order valence-electron chi connectivity index (χ0n) is 21.3. The molecule has 34 heavy (non-hydrogen) atoms. The first-order valence-electron chi connectivity index (χ1n) is 12.7. The van der Waals surface area contributed by atoms with Crippen molar-refractivity contribution in [1.29, 1.82) is 0 Å². The van der Waals surface area contributed by atoms with E-state index in [0.717, 1.165) is 25.7 Å². The molecule has 1 aromatic rings. The van der Waals surface area contributed by atoms with Crippen LogP contribution >= 0.6 is 0 Å². The standard InChI is InChI=1S/C28H40O6/c1-14(2)11-19(30)20-24(32)15(23(31)16(13-29)25(20)33)12-27(5)9-7-18-22(27)21-17(26(21,3)4)8-10-28(18,6)34/h13-14,17-18,21-22,31-34H,7-12H2,1-6H3. The molecule has 4 N–H and O–H groups in total. The molecule has 0 aliphatic heterocycles. The molecule has 188 valence electrons. The molecule has 0 radical (unpaired) electrons. The number of ketones is 1. The fourth-order valence-electron chi connectivity index (χ4n) is 7.79. The monoisotopic (exact) mass is 472 g/mol. The second-order valence-corrected chi connectivity index (χ2v) is 12.8. The Labute approximate surface area is 202 Å². The molecule has 0 saturated heterocycles. The molecule has 6 nitrogen and oxygen atoms in total. The number of hydrogen-bond donors (Lipinski definition) is 4. The van der Waals surface area contributed by atoms with Crippen molar-refractivity contribution in [3.05, 3.63) is 16.7 Å². The van der Waals surface area contributed by atoms with Crippen LogP contribution in [0.15, 0.2) is 0 Å². The van der Waals surface area contributed by atoms with Crippen molar-refractivity contribution < 1.29 is 30.0 Å². The number of carbonyl (C=O) groups excluding carboxylic acids is 2. The SMILES string of the molecule is CC(C)CC(=O)c1c(O)c(C=O)c(O)c(CC2(C)CCC3C2C2C(CCC3(C)O)C2(C)C)c1O. The van der Waals surface area contributed by atoms with Gasteiger partial charge in [-0.15, -0.1) is 0 Å². The first-order chi connectivity index (χ1) is 15.7. The summed E-state index contributed by atoms with van der Waals surface area (Å²) in [5, 5.41) is 44.0. The van der Waals surface area contributed by atoms with Gasteiger partial charge in [-0.05, 0) is 79.4 Å². The molecule has 0 bridgehead atoms. The zero-order chi connectivity index (χ0) is 25.4. The highest BCUT2D eigenvalue weighted by atomic mass is 16.3. The van der Waals surface area contributed by atoms with Gasteiger partial charge in [-0.3, -0.25) is 9.59 Å². The number of phenols is 3. The van der Waals surface area contributed by atoms with E-state index in [1.54, 1.807) is 0 Å². The molecule has 3 saturated carbocycles. The zero-order valence-corrected chi connectivity index (χ0v) is 21.3. The van der Waals surface area contributed by atoms with E-state index in [1.165, 1.54) is 0 Å². The predicted molar refractivity (Wildman–Crippen MR) is 129 cm³/mol. The van der Waals surface area contributed by atoms with Crippen molar-refractivity contribution in [2.75, 3.05) is 0 Å². The Morgan fingerprint density at radius 2 is 1.59 bits per heavy atom. The third-order valence-corrected chi connectivity index (χ3v) is 9.68. The minimum atomic E-state index is -0.767. The number of carbonyl (C=O) groups is 2. The van der Waals surface area contributed by atoms with Crippen molar-refractivity contribution >= 4 is 12.1 Å². The molecule has 3 aliphatic rings. The lowest BCUT2D eigenvalue weighted by atomic mass is 9.66. The van der Waals surface area contributed by atoms with Crippen LogP contribution in [0.3, 0.4) is 0 Å². The van der Waals surface area contributed by atoms with Gasteiger partial charge in [0.05, 0.1) is 11.2 Å². The van der Waals surface area contributed by atoms with Crippen LogP contribution in [0.5, 0.6) is 17.2 Å². The van der Waals surface area contributed by atoms with E-state index in [9.17, 15) is 30.0 Å². The fraction of sp³-hybridized carbons (Fsp3) is 0.714. The summed E-state index contributed by atoms with van der Waals surface area (Å²) in [5.74, 6) is -0.728. The summed E-state index contributed by atoms with van der Waals surface area (Å²) < 4.78 is 0. The highest BCUT2D eigenvalue weighted by Crippen LogP contribution is 2.74. The number of aliphatic hydroxyl groups is 1. The molecule has 6 unspecified atom stereocenters. The van der Waals surface area contributed by atoms with Gasteiger partial charge in [-0.2, -0.15) is 0 Å². The van der Waals surface area contributed by atoms with Gasteiger partial charge in [0.25, 0.3) is 0 Å². The van der Waals surface area contributed by atoms with Crippen LogP contribution in [0.25, 0.3) is 0 Å². The average Bonchev–Trinajstić information content (AvgIpc) is 3.12. The summed E-state index contributed by atoms with van der Waals surface area (Å²) >= 11 is 0. The van der Waals surface area contributed by atoms with Crippen molar-refractivity contribution in [3.8, 4) is 17.2 Å². The van der Waals surface area contributed by atoms with Gasteiger partial charge in [0.15, 0.2) is 12.1 Å². The number of aromatic hydroxyl groups is 3. The van der Waals surface area contributed by atoms with Crippen LogP contribution in [-0.2, 0) is 6.42 Å². The summed E-state index contributed by atoms with van der Waals surface area (Å²) in [6.07, 6.45) is 4.14. The lowest BCUT2D eigenvalue weighted by Crippen LogP contribution is -2.41. The quantitative estimate of drug-likeness (QED) is 0.333. The summed E-state index contributed by atoms with van der Waals surface area (Å²) in [6, 6.07) is 0. The normalized spacial score (nSPS) is 36.0. The van der Waals surface area contributed by atoms with E-state index in [2.05, 4.69) is 20.8 Å². The molecular formula is C28H40O6.